The smallest absolute Gasteiger partial charge is 0.450 e. The van der Waals surface area contributed by atoms with Gasteiger partial charge in [0.2, 0.25) is 0 Å². The fourth-order valence-corrected chi connectivity index (χ4v) is 2.48. The monoisotopic (exact) mass is 302 g/mol. The van der Waals surface area contributed by atoms with Crippen LogP contribution in [-0.4, -0.2) is 55.7 Å². The van der Waals surface area contributed by atoms with Crippen LogP contribution in [0.3, 0.4) is 0 Å². The summed E-state index contributed by atoms with van der Waals surface area (Å²) in [5, 5.41) is 8.78. The number of rotatable bonds is 2. The summed E-state index contributed by atoms with van der Waals surface area (Å²) >= 11 is 0. The van der Waals surface area contributed by atoms with E-state index in [0.717, 1.165) is 0 Å². The van der Waals surface area contributed by atoms with E-state index in [1.807, 2.05) is 0 Å². The van der Waals surface area contributed by atoms with Gasteiger partial charge in [0.05, 0.1) is 19.3 Å². The quantitative estimate of drug-likeness (QED) is 0.607. The molecule has 0 spiro atoms. The summed E-state index contributed by atoms with van der Waals surface area (Å²) < 4.78 is 25.4. The Bertz CT molecular complexity index is 432. The molecule has 21 heavy (non-hydrogen) atoms. The summed E-state index contributed by atoms with van der Waals surface area (Å²) in [5.74, 6) is 0. The van der Waals surface area contributed by atoms with Gasteiger partial charge in [-0.15, -0.1) is 0 Å². The van der Waals surface area contributed by atoms with Crippen LogP contribution in [0.5, 0.6) is 0 Å². The average Bonchev–Trinajstić information content (AvgIpc) is 2.82. The third-order valence-electron chi connectivity index (χ3n) is 3.50. The summed E-state index contributed by atoms with van der Waals surface area (Å²) in [7, 11) is 1.22. The van der Waals surface area contributed by atoms with Crippen molar-refractivity contribution in [1.29, 1.82) is 0 Å². The average molecular weight is 302 g/mol. The highest BCUT2D eigenvalue weighted by Gasteiger charge is 2.37. The summed E-state index contributed by atoms with van der Waals surface area (Å²) in [5.41, 5.74) is 0.681. The minimum absolute atomic E-state index is 0.124. The Morgan fingerprint density at radius 2 is 1.90 bits per heavy atom. The lowest BCUT2D eigenvalue weighted by atomic mass is 9.93. The van der Waals surface area contributed by atoms with E-state index in [2.05, 4.69) is 4.74 Å². The van der Waals surface area contributed by atoms with E-state index in [1.54, 1.807) is 13.0 Å². The van der Waals surface area contributed by atoms with Gasteiger partial charge in [-0.2, -0.15) is 0 Å². The zero-order chi connectivity index (χ0) is 15.4. The van der Waals surface area contributed by atoms with Crippen molar-refractivity contribution in [3.8, 4) is 0 Å². The van der Waals surface area contributed by atoms with Crippen LogP contribution in [-0.2, 0) is 23.7 Å². The molecule has 0 radical (unpaired) electrons. The molecular formula is C13H18O8. The lowest BCUT2D eigenvalue weighted by Crippen LogP contribution is -2.36. The molecule has 0 amide bonds. The molecule has 1 aliphatic heterocycles. The van der Waals surface area contributed by atoms with E-state index in [0.29, 0.717) is 18.4 Å². The van der Waals surface area contributed by atoms with Gasteiger partial charge in [-0.25, -0.2) is 9.59 Å². The van der Waals surface area contributed by atoms with Crippen LogP contribution in [0.15, 0.2) is 11.6 Å². The zero-order valence-electron chi connectivity index (χ0n) is 11.8. The number of ether oxygens (including phenoxy) is 5. The highest BCUT2D eigenvalue weighted by molar-refractivity contribution is 5.60. The Balaban J connectivity index is 2.18. The van der Waals surface area contributed by atoms with E-state index < -0.39 is 24.5 Å². The Hall–Kier alpha value is -1.80. The first kappa shape index (κ1) is 15.6. The highest BCUT2D eigenvalue weighted by atomic mass is 16.7. The molecule has 0 aromatic rings. The van der Waals surface area contributed by atoms with Crippen molar-refractivity contribution in [1.82, 2.24) is 0 Å². The fraction of sp³-hybridized carbons (Fsp3) is 0.692. The van der Waals surface area contributed by atoms with E-state index in [9.17, 15) is 9.59 Å². The van der Waals surface area contributed by atoms with Crippen molar-refractivity contribution in [2.75, 3.05) is 13.9 Å². The predicted octanol–water partition coefficient (Wildman–Crippen LogP) is 1.68. The molecule has 1 N–H and O–H groups in total. The van der Waals surface area contributed by atoms with Crippen LogP contribution in [0, 0.1) is 0 Å². The van der Waals surface area contributed by atoms with Gasteiger partial charge < -0.3 is 28.8 Å². The van der Waals surface area contributed by atoms with Gasteiger partial charge in [-0.1, -0.05) is 0 Å². The molecule has 2 aliphatic rings. The largest absolute Gasteiger partial charge is 0.508 e. The van der Waals surface area contributed by atoms with Crippen molar-refractivity contribution in [3.05, 3.63) is 11.6 Å². The van der Waals surface area contributed by atoms with Crippen molar-refractivity contribution in [2.45, 2.75) is 44.2 Å². The molecular weight excluding hydrogens is 284 g/mol. The molecule has 4 atom stereocenters. The normalized spacial score (nSPS) is 34.7. The summed E-state index contributed by atoms with van der Waals surface area (Å²) in [6.07, 6.45) is -1.62. The number of methoxy groups -OCH3 is 1. The predicted molar refractivity (Wildman–Crippen MR) is 67.8 cm³/mol. The lowest BCUT2D eigenvalue weighted by molar-refractivity contribution is 0.00718. The van der Waals surface area contributed by atoms with Gasteiger partial charge in [-0.3, -0.25) is 0 Å². The maximum absolute atomic E-state index is 11.3. The van der Waals surface area contributed by atoms with Crippen molar-refractivity contribution in [2.24, 2.45) is 0 Å². The van der Waals surface area contributed by atoms with Gasteiger partial charge in [0, 0.05) is 12.8 Å². The minimum Gasteiger partial charge on any atom is -0.450 e. The Labute approximate surface area is 121 Å². The standard InChI is InChI=1S/C13H18O8/c1-7-3-8(20-12(14)15)4-10-11(19-6-18-10)5-9(7)21-13(16)17-2/h3,8-11H,4-6H2,1-2H3,(H,14,15)/b7-3+. The van der Waals surface area contributed by atoms with Gasteiger partial charge in [-0.05, 0) is 18.6 Å². The van der Waals surface area contributed by atoms with Crippen molar-refractivity contribution in [3.63, 3.8) is 0 Å². The second-order valence-electron chi connectivity index (χ2n) is 4.89. The first-order chi connectivity index (χ1) is 9.99. The Morgan fingerprint density at radius 3 is 2.52 bits per heavy atom. The second-order valence-corrected chi connectivity index (χ2v) is 4.89. The van der Waals surface area contributed by atoms with Gasteiger partial charge >= 0.3 is 12.3 Å². The van der Waals surface area contributed by atoms with Gasteiger partial charge in [0.25, 0.3) is 0 Å². The highest BCUT2D eigenvalue weighted by Crippen LogP contribution is 2.29. The van der Waals surface area contributed by atoms with E-state index >= 15 is 0 Å². The zero-order valence-corrected chi connectivity index (χ0v) is 11.8. The molecule has 1 fully saturated rings. The molecule has 0 aromatic carbocycles. The van der Waals surface area contributed by atoms with E-state index in [-0.39, 0.29) is 19.0 Å². The SMILES string of the molecule is COC(=O)OC1CC2OCOC2CC(OC(=O)O)/C=C/1C. The summed E-state index contributed by atoms with van der Waals surface area (Å²) in [4.78, 5) is 22.0. The maximum Gasteiger partial charge on any atom is 0.508 e. The first-order valence-electron chi connectivity index (χ1n) is 6.55. The number of carboxylic acid groups (broad SMARTS) is 1. The van der Waals surface area contributed by atoms with Crippen LogP contribution in [0.25, 0.3) is 0 Å². The van der Waals surface area contributed by atoms with Crippen LogP contribution in [0.4, 0.5) is 9.59 Å². The number of hydrogen-bond donors (Lipinski definition) is 1. The van der Waals surface area contributed by atoms with Gasteiger partial charge in [0.1, 0.15) is 19.0 Å². The Morgan fingerprint density at radius 1 is 1.24 bits per heavy atom. The number of carbonyl (C=O) groups is 2. The third-order valence-corrected chi connectivity index (χ3v) is 3.50. The molecule has 1 heterocycles. The molecule has 8 heteroatoms. The second kappa shape index (κ2) is 6.77. The molecule has 1 saturated heterocycles. The lowest BCUT2D eigenvalue weighted by Gasteiger charge is -2.28. The van der Waals surface area contributed by atoms with Crippen molar-refractivity contribution < 1.29 is 38.4 Å². The molecule has 4 unspecified atom stereocenters. The number of hydrogen-bond acceptors (Lipinski definition) is 7. The summed E-state index contributed by atoms with van der Waals surface area (Å²) in [6, 6.07) is 0. The molecule has 118 valence electrons. The van der Waals surface area contributed by atoms with E-state index in [4.69, 9.17) is 24.1 Å². The molecule has 2 rings (SSSR count). The van der Waals surface area contributed by atoms with Crippen LogP contribution in [0.2, 0.25) is 0 Å². The van der Waals surface area contributed by atoms with Crippen LogP contribution >= 0.6 is 0 Å². The van der Waals surface area contributed by atoms with Gasteiger partial charge in [0.15, 0.2) is 0 Å². The maximum atomic E-state index is 11.3. The van der Waals surface area contributed by atoms with E-state index in [1.165, 1.54) is 7.11 Å². The molecule has 1 aliphatic carbocycles. The molecule has 0 saturated carbocycles. The number of carbonyl (C=O) groups excluding carboxylic acids is 1. The minimum atomic E-state index is -1.37. The topological polar surface area (TPSA) is 101 Å². The molecule has 8 nitrogen and oxygen atoms in total. The van der Waals surface area contributed by atoms with Crippen LogP contribution < -0.4 is 0 Å². The Kier molecular flexibility index (Phi) is 5.03. The van der Waals surface area contributed by atoms with Crippen molar-refractivity contribution >= 4 is 12.3 Å². The molecule has 0 bridgehead atoms. The summed E-state index contributed by atoms with van der Waals surface area (Å²) in [6.45, 7) is 1.86. The first-order valence-corrected chi connectivity index (χ1v) is 6.55. The molecule has 0 aromatic heterocycles. The van der Waals surface area contributed by atoms with Crippen LogP contribution in [0.1, 0.15) is 19.8 Å². The third kappa shape index (κ3) is 4.08. The fourth-order valence-electron chi connectivity index (χ4n) is 2.48. The number of fused-ring (bicyclic) bond motifs is 1.